The van der Waals surface area contributed by atoms with Crippen LogP contribution in [-0.4, -0.2) is 56.5 Å². The molecule has 168 valence electrons. The van der Waals surface area contributed by atoms with Crippen molar-refractivity contribution >= 4 is 11.7 Å². The van der Waals surface area contributed by atoms with E-state index in [0.717, 1.165) is 30.0 Å². The quantitative estimate of drug-likeness (QED) is 0.641. The third-order valence-electron chi connectivity index (χ3n) is 5.99. The highest BCUT2D eigenvalue weighted by Gasteiger charge is 2.30. The van der Waals surface area contributed by atoms with E-state index in [-0.39, 0.29) is 11.7 Å². The van der Waals surface area contributed by atoms with E-state index in [1.807, 2.05) is 80.3 Å². The smallest absolute Gasteiger partial charge is 0.350 e. The number of carboxylic acid groups (broad SMARTS) is 1. The molecule has 1 aliphatic rings. The number of piperazine rings is 1. The molecule has 8 heteroatoms. The van der Waals surface area contributed by atoms with Crippen LogP contribution in [0.2, 0.25) is 0 Å². The number of carbonyl (C=O) groups is 1. The maximum Gasteiger partial charge on any atom is 0.350 e. The van der Waals surface area contributed by atoms with E-state index in [9.17, 15) is 14.7 Å². The molecule has 1 unspecified atom stereocenters. The monoisotopic (exact) mass is 435 g/mol. The van der Waals surface area contributed by atoms with Gasteiger partial charge in [-0.15, -0.1) is 0 Å². The van der Waals surface area contributed by atoms with Crippen molar-refractivity contribution in [3.05, 3.63) is 76.5 Å². The first-order valence-electron chi connectivity index (χ1n) is 10.9. The molecule has 32 heavy (non-hydrogen) atoms. The average Bonchev–Trinajstić information content (AvgIpc) is 3.09. The summed E-state index contributed by atoms with van der Waals surface area (Å²) in [5.74, 6) is -0.132. The Kier molecular flexibility index (Phi) is 6.14. The number of benzene rings is 2. The summed E-state index contributed by atoms with van der Waals surface area (Å²) in [6.07, 6.45) is 0. The summed E-state index contributed by atoms with van der Waals surface area (Å²) in [6.45, 7) is 8.56. The van der Waals surface area contributed by atoms with Crippen LogP contribution in [0.25, 0.3) is 5.69 Å². The molecule has 0 amide bonds. The predicted molar refractivity (Wildman–Crippen MR) is 124 cm³/mol. The summed E-state index contributed by atoms with van der Waals surface area (Å²) >= 11 is 0. The van der Waals surface area contributed by atoms with E-state index in [4.69, 9.17) is 0 Å². The Hall–Kier alpha value is -3.39. The van der Waals surface area contributed by atoms with Crippen LogP contribution < -0.4 is 10.6 Å². The highest BCUT2D eigenvalue weighted by molar-refractivity contribution is 5.75. The number of rotatable bonds is 6. The third kappa shape index (κ3) is 4.18. The Bertz CT molecular complexity index is 1130. The molecule has 2 heterocycles. The van der Waals surface area contributed by atoms with Crippen LogP contribution in [0.5, 0.6) is 0 Å². The second-order valence-electron chi connectivity index (χ2n) is 8.40. The van der Waals surface area contributed by atoms with Crippen LogP contribution in [0.15, 0.2) is 59.4 Å². The number of hydrogen-bond acceptors (Lipinski definition) is 5. The molecule has 8 nitrogen and oxygen atoms in total. The lowest BCUT2D eigenvalue weighted by atomic mass is 10.0. The second kappa shape index (κ2) is 9.00. The summed E-state index contributed by atoms with van der Waals surface area (Å²) < 4.78 is 3.12. The van der Waals surface area contributed by atoms with Crippen molar-refractivity contribution < 1.29 is 9.90 Å². The van der Waals surface area contributed by atoms with Crippen molar-refractivity contribution in [2.24, 2.45) is 0 Å². The normalized spacial score (nSPS) is 15.8. The summed E-state index contributed by atoms with van der Waals surface area (Å²) in [5, 5.41) is 14.2. The molecule has 1 saturated heterocycles. The molecule has 2 aromatic carbocycles. The van der Waals surface area contributed by atoms with Crippen molar-refractivity contribution in [3.8, 4) is 5.69 Å². The van der Waals surface area contributed by atoms with Crippen molar-refractivity contribution in [2.75, 3.05) is 31.1 Å². The van der Waals surface area contributed by atoms with E-state index in [0.29, 0.717) is 18.9 Å². The summed E-state index contributed by atoms with van der Waals surface area (Å²) in [6, 6.07) is 16.6. The van der Waals surface area contributed by atoms with E-state index in [1.54, 1.807) is 4.57 Å². The lowest BCUT2D eigenvalue weighted by molar-refractivity contribution is -0.143. The van der Waals surface area contributed by atoms with Crippen LogP contribution in [0.3, 0.4) is 0 Å². The zero-order valence-electron chi connectivity index (χ0n) is 18.7. The fourth-order valence-corrected chi connectivity index (χ4v) is 4.43. The van der Waals surface area contributed by atoms with Crippen LogP contribution in [-0.2, 0) is 4.79 Å². The largest absolute Gasteiger partial charge is 0.480 e. The Morgan fingerprint density at radius 2 is 1.53 bits per heavy atom. The Balaban J connectivity index is 1.46. The minimum absolute atomic E-state index is 0.0531. The molecular weight excluding hydrogens is 406 g/mol. The minimum atomic E-state index is -0.824. The van der Waals surface area contributed by atoms with Gasteiger partial charge in [0.1, 0.15) is 11.9 Å². The standard InChI is InChI=1S/C24H29N5O3/c1-17(2)28-18(3)25-29(24(28)32)21-11-9-20(10-12-21)26-13-15-27(16-14-26)22(23(30)31)19-7-5-4-6-8-19/h4-12,17,22H,13-16H2,1-3H3,(H,30,31). The number of aryl methyl sites for hydroxylation is 1. The molecule has 1 fully saturated rings. The zero-order chi connectivity index (χ0) is 22.8. The van der Waals surface area contributed by atoms with Crippen molar-refractivity contribution in [1.29, 1.82) is 0 Å². The number of hydrogen-bond donors (Lipinski definition) is 1. The highest BCUT2D eigenvalue weighted by atomic mass is 16.4. The van der Waals surface area contributed by atoms with Crippen LogP contribution in [0, 0.1) is 6.92 Å². The van der Waals surface area contributed by atoms with E-state index >= 15 is 0 Å². The minimum Gasteiger partial charge on any atom is -0.480 e. The SMILES string of the molecule is Cc1nn(-c2ccc(N3CCN(C(C(=O)O)c4ccccc4)CC3)cc2)c(=O)n1C(C)C. The van der Waals surface area contributed by atoms with E-state index in [2.05, 4.69) is 10.00 Å². The lowest BCUT2D eigenvalue weighted by Gasteiger charge is -2.39. The van der Waals surface area contributed by atoms with Gasteiger partial charge in [0.15, 0.2) is 0 Å². The summed E-state index contributed by atoms with van der Waals surface area (Å²) in [5.41, 5.74) is 2.45. The molecule has 1 aliphatic heterocycles. The zero-order valence-corrected chi connectivity index (χ0v) is 18.7. The summed E-state index contributed by atoms with van der Waals surface area (Å²) in [4.78, 5) is 28.9. The number of carboxylic acids is 1. The molecular formula is C24H29N5O3. The number of anilines is 1. The average molecular weight is 436 g/mol. The molecule has 4 rings (SSSR count). The van der Waals surface area contributed by atoms with Gasteiger partial charge in [-0.05, 0) is 50.6 Å². The topological polar surface area (TPSA) is 83.6 Å². The van der Waals surface area contributed by atoms with Gasteiger partial charge in [-0.2, -0.15) is 9.78 Å². The molecule has 0 radical (unpaired) electrons. The molecule has 0 aliphatic carbocycles. The maximum absolute atomic E-state index is 12.7. The fourth-order valence-electron chi connectivity index (χ4n) is 4.43. The van der Waals surface area contributed by atoms with Crippen LogP contribution in [0.1, 0.15) is 37.3 Å². The highest BCUT2D eigenvalue weighted by Crippen LogP contribution is 2.25. The van der Waals surface area contributed by atoms with Gasteiger partial charge in [0.05, 0.1) is 5.69 Å². The first kappa shape index (κ1) is 21.8. The molecule has 0 spiro atoms. The predicted octanol–water partition coefficient (Wildman–Crippen LogP) is 2.87. The van der Waals surface area contributed by atoms with Gasteiger partial charge in [-0.3, -0.25) is 14.3 Å². The van der Waals surface area contributed by atoms with Crippen molar-refractivity contribution in [3.63, 3.8) is 0 Å². The third-order valence-corrected chi connectivity index (χ3v) is 5.99. The lowest BCUT2D eigenvalue weighted by Crippen LogP contribution is -2.49. The molecule has 1 atom stereocenters. The molecule has 0 saturated carbocycles. The summed E-state index contributed by atoms with van der Waals surface area (Å²) in [7, 11) is 0. The number of nitrogens with zero attached hydrogens (tertiary/aromatic N) is 5. The molecule has 1 N–H and O–H groups in total. The van der Waals surface area contributed by atoms with Gasteiger partial charge in [0, 0.05) is 37.9 Å². The number of aliphatic carboxylic acids is 1. The Labute approximate surface area is 187 Å². The van der Waals surface area contributed by atoms with Gasteiger partial charge in [0.2, 0.25) is 0 Å². The van der Waals surface area contributed by atoms with Gasteiger partial charge in [-0.1, -0.05) is 30.3 Å². The van der Waals surface area contributed by atoms with Crippen molar-refractivity contribution in [2.45, 2.75) is 32.9 Å². The van der Waals surface area contributed by atoms with Crippen LogP contribution >= 0.6 is 0 Å². The maximum atomic E-state index is 12.7. The van der Waals surface area contributed by atoms with Gasteiger partial charge in [-0.25, -0.2) is 4.79 Å². The number of aromatic nitrogens is 3. The fraction of sp³-hybridized carbons (Fsp3) is 0.375. The van der Waals surface area contributed by atoms with E-state index < -0.39 is 12.0 Å². The molecule has 3 aromatic rings. The van der Waals surface area contributed by atoms with Gasteiger partial charge < -0.3 is 10.0 Å². The Morgan fingerprint density at radius 1 is 0.938 bits per heavy atom. The first-order valence-corrected chi connectivity index (χ1v) is 10.9. The van der Waals surface area contributed by atoms with Gasteiger partial charge >= 0.3 is 11.7 Å². The first-order chi connectivity index (χ1) is 15.4. The van der Waals surface area contributed by atoms with Crippen LogP contribution in [0.4, 0.5) is 5.69 Å². The van der Waals surface area contributed by atoms with Crippen molar-refractivity contribution in [1.82, 2.24) is 19.2 Å². The van der Waals surface area contributed by atoms with Gasteiger partial charge in [0.25, 0.3) is 0 Å². The molecule has 1 aromatic heterocycles. The van der Waals surface area contributed by atoms with E-state index in [1.165, 1.54) is 4.68 Å². The Morgan fingerprint density at radius 3 is 2.06 bits per heavy atom. The second-order valence-corrected chi connectivity index (χ2v) is 8.40. The molecule has 0 bridgehead atoms.